The zero-order valence-electron chi connectivity index (χ0n) is 12.4. The average molecular weight is 255 g/mol. The first-order chi connectivity index (χ1) is 8.40. The molecule has 0 aliphatic carbocycles. The third kappa shape index (κ3) is 6.24. The van der Waals surface area contributed by atoms with E-state index >= 15 is 0 Å². The second-order valence-corrected chi connectivity index (χ2v) is 6.34. The summed E-state index contributed by atoms with van der Waals surface area (Å²) in [6, 6.07) is 0.266. The molecule has 1 rings (SSSR count). The minimum Gasteiger partial charge on any atom is -0.334 e. The van der Waals surface area contributed by atoms with Crippen molar-refractivity contribution in [3.8, 4) is 0 Å². The maximum absolute atomic E-state index is 11.8. The zero-order chi connectivity index (χ0) is 13.6. The molecule has 18 heavy (non-hydrogen) atoms. The van der Waals surface area contributed by atoms with E-state index in [-0.39, 0.29) is 11.6 Å². The molecule has 1 aliphatic heterocycles. The van der Waals surface area contributed by atoms with Crippen LogP contribution in [0, 0.1) is 0 Å². The molecule has 0 aromatic carbocycles. The summed E-state index contributed by atoms with van der Waals surface area (Å²) in [5.74, 6) is 0. The van der Waals surface area contributed by atoms with Gasteiger partial charge in [-0.3, -0.25) is 0 Å². The van der Waals surface area contributed by atoms with Crippen LogP contribution >= 0.6 is 0 Å². The van der Waals surface area contributed by atoms with Crippen LogP contribution in [0.1, 0.15) is 53.4 Å². The van der Waals surface area contributed by atoms with E-state index in [9.17, 15) is 4.79 Å². The predicted molar refractivity (Wildman–Crippen MR) is 75.8 cm³/mol. The summed E-state index contributed by atoms with van der Waals surface area (Å²) < 4.78 is 0. The van der Waals surface area contributed by atoms with Crippen molar-refractivity contribution in [2.75, 3.05) is 19.6 Å². The molecule has 1 aliphatic rings. The minimum atomic E-state index is -0.166. The third-order valence-corrected chi connectivity index (χ3v) is 3.16. The Labute approximate surface area is 111 Å². The molecule has 0 saturated carbocycles. The molecule has 1 fully saturated rings. The number of piperidine rings is 1. The molecule has 0 bridgehead atoms. The van der Waals surface area contributed by atoms with Gasteiger partial charge in [0, 0.05) is 18.1 Å². The van der Waals surface area contributed by atoms with Crippen LogP contribution in [0.25, 0.3) is 0 Å². The van der Waals surface area contributed by atoms with Gasteiger partial charge in [-0.1, -0.05) is 13.3 Å². The highest BCUT2D eigenvalue weighted by molar-refractivity contribution is 5.75. The first-order valence-corrected chi connectivity index (χ1v) is 7.22. The lowest BCUT2D eigenvalue weighted by molar-refractivity contribution is 0.181. The van der Waals surface area contributed by atoms with E-state index in [4.69, 9.17) is 0 Å². The Morgan fingerprint density at radius 2 is 2.11 bits per heavy atom. The Hall–Kier alpha value is -0.770. The molecule has 0 aromatic rings. The molecule has 0 aromatic heterocycles. The SMILES string of the molecule is CCCCN1CCC[C@H](NC(=O)NC(C)(C)C)C1. The van der Waals surface area contributed by atoms with Crippen molar-refractivity contribution in [2.45, 2.75) is 65.0 Å². The normalized spacial score (nSPS) is 21.7. The predicted octanol–water partition coefficient (Wildman–Crippen LogP) is 2.35. The maximum atomic E-state index is 11.8. The highest BCUT2D eigenvalue weighted by atomic mass is 16.2. The number of hydrogen-bond acceptors (Lipinski definition) is 2. The van der Waals surface area contributed by atoms with Gasteiger partial charge < -0.3 is 15.5 Å². The summed E-state index contributed by atoms with van der Waals surface area (Å²) in [6.07, 6.45) is 4.77. The van der Waals surface area contributed by atoms with E-state index in [1.54, 1.807) is 0 Å². The molecule has 2 N–H and O–H groups in total. The van der Waals surface area contributed by atoms with Crippen LogP contribution in [-0.2, 0) is 0 Å². The average Bonchev–Trinajstić information content (AvgIpc) is 2.24. The van der Waals surface area contributed by atoms with Gasteiger partial charge in [-0.05, 0) is 53.1 Å². The van der Waals surface area contributed by atoms with Gasteiger partial charge in [0.05, 0.1) is 0 Å². The Morgan fingerprint density at radius 1 is 1.39 bits per heavy atom. The standard InChI is InChI=1S/C14H29N3O/c1-5-6-9-17-10-7-8-12(11-17)15-13(18)16-14(2,3)4/h12H,5-11H2,1-4H3,(H2,15,16,18)/t12-/m0/s1. The molecule has 0 radical (unpaired) electrons. The van der Waals surface area contributed by atoms with E-state index in [1.165, 1.54) is 25.8 Å². The van der Waals surface area contributed by atoms with Crippen LogP contribution in [0.3, 0.4) is 0 Å². The first kappa shape index (κ1) is 15.3. The van der Waals surface area contributed by atoms with E-state index in [0.717, 1.165) is 19.5 Å². The van der Waals surface area contributed by atoms with Crippen LogP contribution in [0.5, 0.6) is 0 Å². The monoisotopic (exact) mass is 255 g/mol. The molecule has 0 spiro atoms. The molecule has 1 saturated heterocycles. The first-order valence-electron chi connectivity index (χ1n) is 7.22. The fourth-order valence-electron chi connectivity index (χ4n) is 2.32. The van der Waals surface area contributed by atoms with Crippen LogP contribution in [0.4, 0.5) is 4.79 Å². The topological polar surface area (TPSA) is 44.4 Å². The van der Waals surface area contributed by atoms with Gasteiger partial charge in [0.2, 0.25) is 0 Å². The summed E-state index contributed by atoms with van der Waals surface area (Å²) in [6.45, 7) is 11.6. The molecule has 1 heterocycles. The van der Waals surface area contributed by atoms with Crippen molar-refractivity contribution in [1.82, 2.24) is 15.5 Å². The Balaban J connectivity index is 2.31. The molecule has 1 atom stereocenters. The number of hydrogen-bond donors (Lipinski definition) is 2. The summed E-state index contributed by atoms with van der Waals surface area (Å²) in [4.78, 5) is 14.3. The second-order valence-electron chi connectivity index (χ2n) is 6.34. The van der Waals surface area contributed by atoms with Crippen LogP contribution in [0.15, 0.2) is 0 Å². The number of likely N-dealkylation sites (tertiary alicyclic amines) is 1. The van der Waals surface area contributed by atoms with Crippen molar-refractivity contribution in [1.29, 1.82) is 0 Å². The number of nitrogens with zero attached hydrogens (tertiary/aromatic N) is 1. The number of urea groups is 1. The lowest BCUT2D eigenvalue weighted by Gasteiger charge is -2.33. The molecule has 4 nitrogen and oxygen atoms in total. The van der Waals surface area contributed by atoms with Crippen molar-refractivity contribution in [3.05, 3.63) is 0 Å². The highest BCUT2D eigenvalue weighted by Gasteiger charge is 2.22. The van der Waals surface area contributed by atoms with Crippen molar-refractivity contribution in [3.63, 3.8) is 0 Å². The number of nitrogens with one attached hydrogen (secondary N) is 2. The van der Waals surface area contributed by atoms with E-state index in [1.807, 2.05) is 20.8 Å². The molecule has 0 unspecified atom stereocenters. The quantitative estimate of drug-likeness (QED) is 0.810. The van der Waals surface area contributed by atoms with Gasteiger partial charge in [-0.2, -0.15) is 0 Å². The molecule has 2 amide bonds. The lowest BCUT2D eigenvalue weighted by atomic mass is 10.1. The number of unbranched alkanes of at least 4 members (excludes halogenated alkanes) is 1. The largest absolute Gasteiger partial charge is 0.334 e. The molecule has 4 heteroatoms. The Morgan fingerprint density at radius 3 is 2.72 bits per heavy atom. The summed E-state index contributed by atoms with van der Waals surface area (Å²) in [7, 11) is 0. The van der Waals surface area contributed by atoms with Gasteiger partial charge in [-0.15, -0.1) is 0 Å². The molecule has 106 valence electrons. The van der Waals surface area contributed by atoms with Gasteiger partial charge in [-0.25, -0.2) is 4.79 Å². The van der Waals surface area contributed by atoms with Crippen molar-refractivity contribution in [2.24, 2.45) is 0 Å². The smallest absolute Gasteiger partial charge is 0.315 e. The second kappa shape index (κ2) is 6.98. The zero-order valence-corrected chi connectivity index (χ0v) is 12.4. The summed E-state index contributed by atoms with van der Waals surface area (Å²) in [5, 5.41) is 6.05. The van der Waals surface area contributed by atoms with Crippen molar-refractivity contribution < 1.29 is 4.79 Å². The fraction of sp³-hybridized carbons (Fsp3) is 0.929. The fourth-order valence-corrected chi connectivity index (χ4v) is 2.32. The van der Waals surface area contributed by atoms with Crippen molar-refractivity contribution >= 4 is 6.03 Å². The van der Waals surface area contributed by atoms with Gasteiger partial charge in [0.15, 0.2) is 0 Å². The lowest BCUT2D eigenvalue weighted by Crippen LogP contribution is -2.53. The molecular formula is C14H29N3O. The van der Waals surface area contributed by atoms with Gasteiger partial charge in [0.1, 0.15) is 0 Å². The maximum Gasteiger partial charge on any atom is 0.315 e. The van der Waals surface area contributed by atoms with Crippen LogP contribution < -0.4 is 10.6 Å². The number of carbonyl (C=O) groups is 1. The van der Waals surface area contributed by atoms with Gasteiger partial charge >= 0.3 is 6.03 Å². The van der Waals surface area contributed by atoms with E-state index in [0.29, 0.717) is 6.04 Å². The summed E-state index contributed by atoms with van der Waals surface area (Å²) in [5.41, 5.74) is -0.166. The Bertz CT molecular complexity index is 260. The number of carbonyl (C=O) groups excluding carboxylic acids is 1. The molecular weight excluding hydrogens is 226 g/mol. The minimum absolute atomic E-state index is 0.0372. The number of amides is 2. The summed E-state index contributed by atoms with van der Waals surface area (Å²) >= 11 is 0. The van der Waals surface area contributed by atoms with Crippen LogP contribution in [-0.4, -0.2) is 42.1 Å². The van der Waals surface area contributed by atoms with Crippen LogP contribution in [0.2, 0.25) is 0 Å². The third-order valence-electron chi connectivity index (χ3n) is 3.16. The Kier molecular flexibility index (Phi) is 5.93. The van der Waals surface area contributed by atoms with E-state index < -0.39 is 0 Å². The highest BCUT2D eigenvalue weighted by Crippen LogP contribution is 2.11. The van der Waals surface area contributed by atoms with E-state index in [2.05, 4.69) is 22.5 Å². The number of rotatable bonds is 4. The van der Waals surface area contributed by atoms with Gasteiger partial charge in [0.25, 0.3) is 0 Å².